The molecule has 4 heteroatoms. The van der Waals surface area contributed by atoms with Gasteiger partial charge in [0.1, 0.15) is 5.75 Å². The highest BCUT2D eigenvalue weighted by Gasteiger charge is 1.98. The van der Waals surface area contributed by atoms with Crippen LogP contribution in [0.1, 0.15) is 5.56 Å². The van der Waals surface area contributed by atoms with E-state index in [0.29, 0.717) is 11.4 Å². The second kappa shape index (κ2) is 4.32. The lowest BCUT2D eigenvalue weighted by Crippen LogP contribution is -1.92. The summed E-state index contributed by atoms with van der Waals surface area (Å²) in [7, 11) is 1.53. The van der Waals surface area contributed by atoms with Crippen LogP contribution >= 0.6 is 0 Å². The largest absolute Gasteiger partial charge is 0.495 e. The molecule has 0 aliphatic rings. The number of hydrogen-bond donors (Lipinski definition) is 2. The average molecular weight is 193 g/mol. The maximum absolute atomic E-state index is 10.2. The summed E-state index contributed by atoms with van der Waals surface area (Å²) in [6, 6.07) is 5.07. The van der Waals surface area contributed by atoms with Gasteiger partial charge < -0.3 is 15.6 Å². The number of anilines is 1. The molecule has 1 rings (SSSR count). The molecule has 0 amide bonds. The van der Waals surface area contributed by atoms with Gasteiger partial charge in [0, 0.05) is 6.08 Å². The second-order valence-electron chi connectivity index (χ2n) is 2.67. The number of ether oxygens (including phenoxy) is 1. The monoisotopic (exact) mass is 193 g/mol. The third kappa shape index (κ3) is 2.52. The molecule has 0 heterocycles. The van der Waals surface area contributed by atoms with E-state index < -0.39 is 5.97 Å². The number of aliphatic carboxylic acids is 1. The lowest BCUT2D eigenvalue weighted by molar-refractivity contribution is -0.131. The molecule has 0 radical (unpaired) electrons. The predicted octanol–water partition coefficient (Wildman–Crippen LogP) is 1.38. The van der Waals surface area contributed by atoms with Gasteiger partial charge in [-0.15, -0.1) is 0 Å². The Bertz CT molecular complexity index is 372. The number of carboxylic acid groups (broad SMARTS) is 1. The van der Waals surface area contributed by atoms with E-state index in [-0.39, 0.29) is 0 Å². The van der Waals surface area contributed by atoms with E-state index in [9.17, 15) is 4.79 Å². The van der Waals surface area contributed by atoms with Crippen LogP contribution in [0.15, 0.2) is 24.3 Å². The van der Waals surface area contributed by atoms with Crippen molar-refractivity contribution in [3.8, 4) is 5.75 Å². The minimum absolute atomic E-state index is 0.486. The topological polar surface area (TPSA) is 72.5 Å². The van der Waals surface area contributed by atoms with Gasteiger partial charge in [0.2, 0.25) is 0 Å². The lowest BCUT2D eigenvalue weighted by Gasteiger charge is -2.03. The molecule has 4 nitrogen and oxygen atoms in total. The summed E-state index contributed by atoms with van der Waals surface area (Å²) in [5.41, 5.74) is 6.85. The van der Waals surface area contributed by atoms with E-state index in [2.05, 4.69) is 0 Å². The Morgan fingerprint density at radius 2 is 2.29 bits per heavy atom. The summed E-state index contributed by atoms with van der Waals surface area (Å²) < 4.78 is 4.96. The zero-order valence-corrected chi connectivity index (χ0v) is 7.73. The van der Waals surface area contributed by atoms with Crippen molar-refractivity contribution in [3.05, 3.63) is 29.8 Å². The first-order chi connectivity index (χ1) is 6.63. The maximum Gasteiger partial charge on any atom is 0.328 e. The number of rotatable bonds is 3. The molecule has 0 aliphatic carbocycles. The molecule has 0 unspecified atom stereocenters. The Morgan fingerprint density at radius 1 is 1.57 bits per heavy atom. The Balaban J connectivity index is 2.91. The third-order valence-corrected chi connectivity index (χ3v) is 1.67. The second-order valence-corrected chi connectivity index (χ2v) is 2.67. The van der Waals surface area contributed by atoms with Crippen LogP contribution in [0.25, 0.3) is 6.08 Å². The van der Waals surface area contributed by atoms with Gasteiger partial charge in [-0.25, -0.2) is 4.79 Å². The van der Waals surface area contributed by atoms with Gasteiger partial charge in [0.15, 0.2) is 0 Å². The molecule has 0 saturated carbocycles. The molecule has 0 atom stereocenters. The van der Waals surface area contributed by atoms with E-state index in [1.54, 1.807) is 18.2 Å². The number of benzene rings is 1. The number of hydrogen-bond acceptors (Lipinski definition) is 3. The Morgan fingerprint density at radius 3 is 2.79 bits per heavy atom. The molecule has 0 aliphatic heterocycles. The van der Waals surface area contributed by atoms with E-state index in [0.717, 1.165) is 11.6 Å². The Hall–Kier alpha value is -1.97. The molecule has 3 N–H and O–H groups in total. The van der Waals surface area contributed by atoms with Crippen LogP contribution in [0.3, 0.4) is 0 Å². The Labute approximate surface area is 81.6 Å². The van der Waals surface area contributed by atoms with Crippen LogP contribution in [-0.4, -0.2) is 18.2 Å². The molecule has 0 saturated heterocycles. The fraction of sp³-hybridized carbons (Fsp3) is 0.100. The molecule has 1 aromatic rings. The van der Waals surface area contributed by atoms with Crippen LogP contribution < -0.4 is 10.5 Å². The summed E-state index contributed by atoms with van der Waals surface area (Å²) in [5, 5.41) is 8.40. The summed E-state index contributed by atoms with van der Waals surface area (Å²) >= 11 is 0. The zero-order chi connectivity index (χ0) is 10.6. The quantitative estimate of drug-likeness (QED) is 0.561. The van der Waals surface area contributed by atoms with E-state index in [1.165, 1.54) is 13.2 Å². The summed E-state index contributed by atoms with van der Waals surface area (Å²) in [4.78, 5) is 10.2. The first-order valence-electron chi connectivity index (χ1n) is 3.98. The smallest absolute Gasteiger partial charge is 0.328 e. The van der Waals surface area contributed by atoms with Crippen molar-refractivity contribution in [2.45, 2.75) is 0 Å². The fourth-order valence-corrected chi connectivity index (χ4v) is 1.02. The fourth-order valence-electron chi connectivity index (χ4n) is 1.02. The first-order valence-corrected chi connectivity index (χ1v) is 3.98. The van der Waals surface area contributed by atoms with Crippen LogP contribution in [0.5, 0.6) is 5.75 Å². The normalized spacial score (nSPS) is 10.4. The van der Waals surface area contributed by atoms with Crippen molar-refractivity contribution < 1.29 is 14.6 Å². The highest BCUT2D eigenvalue weighted by atomic mass is 16.5. The van der Waals surface area contributed by atoms with Gasteiger partial charge in [-0.2, -0.15) is 0 Å². The lowest BCUT2D eigenvalue weighted by atomic mass is 10.2. The summed E-state index contributed by atoms with van der Waals surface area (Å²) in [6.45, 7) is 0. The van der Waals surface area contributed by atoms with Crippen LogP contribution in [0.4, 0.5) is 5.69 Å². The number of carboxylic acids is 1. The van der Waals surface area contributed by atoms with Crippen LogP contribution in [0, 0.1) is 0 Å². The minimum atomic E-state index is -0.987. The van der Waals surface area contributed by atoms with E-state index >= 15 is 0 Å². The standard InChI is InChI=1S/C10H11NO3/c1-14-9-4-2-7(6-8(9)11)3-5-10(12)13/h2-6H,11H2,1H3,(H,12,13)/b5-3-. The zero-order valence-electron chi connectivity index (χ0n) is 7.73. The van der Waals surface area contributed by atoms with Crippen molar-refractivity contribution in [1.29, 1.82) is 0 Å². The van der Waals surface area contributed by atoms with Crippen molar-refractivity contribution in [3.63, 3.8) is 0 Å². The Kier molecular flexibility index (Phi) is 3.12. The number of carbonyl (C=O) groups is 1. The summed E-state index contributed by atoms with van der Waals surface area (Å²) in [6.07, 6.45) is 2.53. The van der Waals surface area contributed by atoms with Gasteiger partial charge in [-0.05, 0) is 23.8 Å². The highest BCUT2D eigenvalue weighted by Crippen LogP contribution is 2.22. The molecule has 0 spiro atoms. The number of methoxy groups -OCH3 is 1. The molecule has 74 valence electrons. The summed E-state index contributed by atoms with van der Waals surface area (Å²) in [5.74, 6) is -0.406. The van der Waals surface area contributed by atoms with Crippen molar-refractivity contribution in [1.82, 2.24) is 0 Å². The number of nitrogen functional groups attached to an aromatic ring is 1. The molecule has 14 heavy (non-hydrogen) atoms. The molecule has 0 aromatic heterocycles. The van der Waals surface area contributed by atoms with Gasteiger partial charge in [0.25, 0.3) is 0 Å². The number of nitrogens with two attached hydrogens (primary N) is 1. The minimum Gasteiger partial charge on any atom is -0.495 e. The SMILES string of the molecule is COc1ccc(/C=C\C(=O)O)cc1N. The first kappa shape index (κ1) is 10.1. The predicted molar refractivity (Wildman–Crippen MR) is 54.1 cm³/mol. The molecule has 1 aromatic carbocycles. The maximum atomic E-state index is 10.2. The molecule has 0 fully saturated rings. The van der Waals surface area contributed by atoms with Gasteiger partial charge in [-0.3, -0.25) is 0 Å². The average Bonchev–Trinajstić information content (AvgIpc) is 2.15. The van der Waals surface area contributed by atoms with Crippen molar-refractivity contribution >= 4 is 17.7 Å². The van der Waals surface area contributed by atoms with Crippen LogP contribution in [0.2, 0.25) is 0 Å². The van der Waals surface area contributed by atoms with Gasteiger partial charge in [-0.1, -0.05) is 6.07 Å². The van der Waals surface area contributed by atoms with E-state index in [1.807, 2.05) is 0 Å². The highest BCUT2D eigenvalue weighted by molar-refractivity contribution is 5.85. The van der Waals surface area contributed by atoms with Crippen molar-refractivity contribution in [2.75, 3.05) is 12.8 Å². The third-order valence-electron chi connectivity index (χ3n) is 1.67. The van der Waals surface area contributed by atoms with Crippen LogP contribution in [-0.2, 0) is 4.79 Å². The molecule has 0 bridgehead atoms. The van der Waals surface area contributed by atoms with Gasteiger partial charge >= 0.3 is 5.97 Å². The van der Waals surface area contributed by atoms with Gasteiger partial charge in [0.05, 0.1) is 12.8 Å². The van der Waals surface area contributed by atoms with Crippen molar-refractivity contribution in [2.24, 2.45) is 0 Å². The van der Waals surface area contributed by atoms with E-state index in [4.69, 9.17) is 15.6 Å². The molecular formula is C10H11NO3. The molecular weight excluding hydrogens is 182 g/mol.